The highest BCUT2D eigenvalue weighted by Gasteiger charge is 2.36. The molecule has 2 atom stereocenters. The van der Waals surface area contributed by atoms with E-state index in [0.29, 0.717) is 52.8 Å². The monoisotopic (exact) mass is 619 g/mol. The Labute approximate surface area is 253 Å². The van der Waals surface area contributed by atoms with Gasteiger partial charge in [-0.3, -0.25) is 14.4 Å². The van der Waals surface area contributed by atoms with E-state index >= 15 is 0 Å². The number of nitrogens with one attached hydrogen (secondary N) is 1. The van der Waals surface area contributed by atoms with Crippen LogP contribution in [0.5, 0.6) is 0 Å². The van der Waals surface area contributed by atoms with E-state index in [1.165, 1.54) is 0 Å². The van der Waals surface area contributed by atoms with Gasteiger partial charge in [-0.2, -0.15) is 13.2 Å². The fraction of sp³-hybridized carbons (Fsp3) is 0.364. The van der Waals surface area contributed by atoms with Gasteiger partial charge in [-0.1, -0.05) is 49.2 Å². The van der Waals surface area contributed by atoms with Crippen molar-refractivity contribution < 1.29 is 36.7 Å². The third kappa shape index (κ3) is 9.38. The average molecular weight is 620 g/mol. The average Bonchev–Trinajstić information content (AvgIpc) is 2.92. The topological polar surface area (TPSA) is 72.5 Å². The van der Waals surface area contributed by atoms with Gasteiger partial charge in [-0.05, 0) is 86.7 Å². The number of hydrogen-bond donors (Lipinski definition) is 1. The second kappa shape index (κ2) is 14.2. The summed E-state index contributed by atoms with van der Waals surface area (Å²) < 4.78 is 60.5. The minimum Gasteiger partial charge on any atom is -0.460 e. The Morgan fingerprint density at radius 3 is 2.07 bits per heavy atom. The van der Waals surface area contributed by atoms with E-state index in [-0.39, 0.29) is 13.0 Å². The Bertz CT molecular complexity index is 1430. The summed E-state index contributed by atoms with van der Waals surface area (Å²) in [5.74, 6) is -4.31. The van der Waals surface area contributed by atoms with Crippen LogP contribution in [0.2, 0.25) is 5.02 Å². The van der Waals surface area contributed by atoms with E-state index in [9.17, 15) is 31.9 Å². The maximum atomic E-state index is 14.9. The summed E-state index contributed by atoms with van der Waals surface area (Å²) >= 11 is 6.06. The van der Waals surface area contributed by atoms with E-state index in [1.807, 2.05) is 6.92 Å². The number of ketones is 1. The van der Waals surface area contributed by atoms with Crippen LogP contribution >= 0.6 is 11.6 Å². The van der Waals surface area contributed by atoms with Crippen LogP contribution in [0.15, 0.2) is 66.7 Å². The Kier molecular flexibility index (Phi) is 11.1. The molecule has 0 saturated carbocycles. The van der Waals surface area contributed by atoms with Gasteiger partial charge in [0, 0.05) is 17.1 Å². The molecule has 5 nitrogen and oxygen atoms in total. The zero-order chi connectivity index (χ0) is 31.9. The molecular weight excluding hydrogens is 586 g/mol. The molecule has 3 aromatic carbocycles. The van der Waals surface area contributed by atoms with Gasteiger partial charge in [0.05, 0.1) is 23.5 Å². The maximum absolute atomic E-state index is 14.9. The molecule has 3 rings (SSSR count). The number of amides is 1. The molecule has 0 aliphatic rings. The lowest BCUT2D eigenvalue weighted by atomic mass is 9.74. The molecule has 0 bridgehead atoms. The van der Waals surface area contributed by atoms with Crippen LogP contribution in [-0.2, 0) is 15.7 Å². The summed E-state index contributed by atoms with van der Waals surface area (Å²) in [7, 11) is 0. The Morgan fingerprint density at radius 2 is 1.51 bits per heavy atom. The molecule has 1 N–H and O–H groups in total. The smallest absolute Gasteiger partial charge is 0.416 e. The lowest BCUT2D eigenvalue weighted by Gasteiger charge is -2.28. The number of hydrogen-bond acceptors (Lipinski definition) is 4. The fourth-order valence-corrected chi connectivity index (χ4v) is 4.91. The molecule has 0 fully saturated rings. The number of alkyl halides is 3. The van der Waals surface area contributed by atoms with Gasteiger partial charge in [-0.25, -0.2) is 4.39 Å². The molecule has 2 unspecified atom stereocenters. The molecule has 0 saturated heterocycles. The van der Waals surface area contributed by atoms with Crippen molar-refractivity contribution >= 4 is 29.3 Å². The summed E-state index contributed by atoms with van der Waals surface area (Å²) in [6.07, 6.45) is -3.71. The number of carbonyl (C=O) groups excluding carboxylic acids is 3. The van der Waals surface area contributed by atoms with Gasteiger partial charge in [0.1, 0.15) is 11.4 Å². The van der Waals surface area contributed by atoms with Crippen LogP contribution in [0, 0.1) is 5.82 Å². The van der Waals surface area contributed by atoms with Gasteiger partial charge in [0.25, 0.3) is 5.91 Å². The molecule has 10 heteroatoms. The van der Waals surface area contributed by atoms with Crippen molar-refractivity contribution in [2.75, 3.05) is 6.54 Å². The van der Waals surface area contributed by atoms with Crippen LogP contribution in [0.4, 0.5) is 17.6 Å². The first-order valence-corrected chi connectivity index (χ1v) is 14.2. The second-order valence-corrected chi connectivity index (χ2v) is 11.6. The quantitative estimate of drug-likeness (QED) is 0.133. The van der Waals surface area contributed by atoms with Gasteiger partial charge in [0.2, 0.25) is 0 Å². The lowest BCUT2D eigenvalue weighted by Crippen LogP contribution is -2.29. The number of halogens is 5. The third-order valence-corrected chi connectivity index (χ3v) is 6.96. The molecule has 43 heavy (non-hydrogen) atoms. The zero-order valence-corrected chi connectivity index (χ0v) is 25.1. The summed E-state index contributed by atoms with van der Waals surface area (Å²) in [6, 6.07) is 14.6. The fourth-order valence-electron chi connectivity index (χ4n) is 4.79. The molecule has 0 heterocycles. The first-order chi connectivity index (χ1) is 20.1. The van der Waals surface area contributed by atoms with E-state index in [1.54, 1.807) is 69.3 Å². The molecule has 0 aliphatic carbocycles. The van der Waals surface area contributed by atoms with Gasteiger partial charge >= 0.3 is 12.1 Å². The van der Waals surface area contributed by atoms with Crippen molar-refractivity contribution in [1.82, 2.24) is 5.32 Å². The summed E-state index contributed by atoms with van der Waals surface area (Å²) in [5, 5.41) is 3.06. The van der Waals surface area contributed by atoms with Crippen molar-refractivity contribution in [3.63, 3.8) is 0 Å². The van der Waals surface area contributed by atoms with Crippen molar-refractivity contribution in [3.8, 4) is 0 Å². The molecule has 3 aromatic rings. The van der Waals surface area contributed by atoms with Crippen LogP contribution in [0.1, 0.15) is 96.2 Å². The van der Waals surface area contributed by atoms with Crippen molar-refractivity contribution in [2.24, 2.45) is 0 Å². The number of Topliss-reactive ketones (excluding diaryl/α,β-unsaturated/α-hetero) is 1. The zero-order valence-electron chi connectivity index (χ0n) is 24.4. The van der Waals surface area contributed by atoms with Crippen LogP contribution < -0.4 is 5.32 Å². The van der Waals surface area contributed by atoms with Crippen molar-refractivity contribution in [2.45, 2.75) is 70.6 Å². The standard InChI is InChI=1S/C33H34ClF4NO4/c1-5-6-25(20-7-9-22(10-8-20)31(42)39-18-17-28(40)43-32(2,3)4)29(21-11-14-24(34)15-12-21)30(41)26-19-23(33(36,37)38)13-16-27(26)35/h7-16,19,25,29H,5-6,17-18H2,1-4H3,(H,39,42). The number of ether oxygens (including phenoxy) is 1. The Balaban J connectivity index is 1.93. The summed E-state index contributed by atoms with van der Waals surface area (Å²) in [4.78, 5) is 38.5. The molecule has 1 amide bonds. The predicted octanol–water partition coefficient (Wildman–Crippen LogP) is 8.51. The number of benzene rings is 3. The van der Waals surface area contributed by atoms with E-state index in [2.05, 4.69) is 5.32 Å². The Morgan fingerprint density at radius 1 is 0.907 bits per heavy atom. The minimum absolute atomic E-state index is 0.00332. The molecule has 0 aliphatic heterocycles. The normalized spacial score (nSPS) is 13.2. The number of rotatable bonds is 11. The SMILES string of the molecule is CCCC(c1ccc(C(=O)NCCC(=O)OC(C)(C)C)cc1)C(C(=O)c1cc(C(F)(F)F)ccc1F)c1ccc(Cl)cc1. The van der Waals surface area contributed by atoms with Crippen molar-refractivity contribution in [1.29, 1.82) is 0 Å². The van der Waals surface area contributed by atoms with Crippen molar-refractivity contribution in [3.05, 3.63) is 105 Å². The van der Waals surface area contributed by atoms with E-state index in [4.69, 9.17) is 16.3 Å². The minimum atomic E-state index is -4.76. The molecular formula is C33H34ClF4NO4. The van der Waals surface area contributed by atoms with Crippen LogP contribution in [0.3, 0.4) is 0 Å². The largest absolute Gasteiger partial charge is 0.460 e. The highest BCUT2D eigenvalue weighted by Crippen LogP contribution is 2.41. The highest BCUT2D eigenvalue weighted by atomic mass is 35.5. The highest BCUT2D eigenvalue weighted by molar-refractivity contribution is 6.30. The van der Waals surface area contributed by atoms with Gasteiger partial charge in [-0.15, -0.1) is 0 Å². The Hall–Kier alpha value is -3.72. The number of carbonyl (C=O) groups is 3. The van der Waals surface area contributed by atoms with E-state index < -0.39 is 58.2 Å². The maximum Gasteiger partial charge on any atom is 0.416 e. The predicted molar refractivity (Wildman–Crippen MR) is 157 cm³/mol. The lowest BCUT2D eigenvalue weighted by molar-refractivity contribution is -0.154. The summed E-state index contributed by atoms with van der Waals surface area (Å²) in [5.41, 5.74) is -0.995. The van der Waals surface area contributed by atoms with Gasteiger partial charge in [0.15, 0.2) is 5.78 Å². The van der Waals surface area contributed by atoms with Crippen LogP contribution in [0.25, 0.3) is 0 Å². The second-order valence-electron chi connectivity index (χ2n) is 11.2. The first-order valence-electron chi connectivity index (χ1n) is 13.9. The van der Waals surface area contributed by atoms with Crippen LogP contribution in [-0.4, -0.2) is 29.8 Å². The molecule has 230 valence electrons. The molecule has 0 spiro atoms. The molecule has 0 aromatic heterocycles. The third-order valence-electron chi connectivity index (χ3n) is 6.71. The van der Waals surface area contributed by atoms with E-state index in [0.717, 1.165) is 0 Å². The first kappa shape index (κ1) is 33.8. The number of esters is 1. The molecule has 0 radical (unpaired) electrons. The van der Waals surface area contributed by atoms with Gasteiger partial charge < -0.3 is 10.1 Å². The summed E-state index contributed by atoms with van der Waals surface area (Å²) in [6.45, 7) is 7.21.